The molecule has 1 saturated carbocycles. The van der Waals surface area contributed by atoms with Crippen LogP contribution in [0.5, 0.6) is 5.75 Å². The van der Waals surface area contributed by atoms with Gasteiger partial charge in [0, 0.05) is 28.4 Å². The summed E-state index contributed by atoms with van der Waals surface area (Å²) in [5.74, 6) is -0.595. The van der Waals surface area contributed by atoms with E-state index in [4.69, 9.17) is 14.2 Å². The number of methoxy groups -OCH3 is 1. The van der Waals surface area contributed by atoms with E-state index in [9.17, 15) is 14.4 Å². The van der Waals surface area contributed by atoms with Crippen LogP contribution in [0.4, 0.5) is 0 Å². The monoisotopic (exact) mass is 571 g/mol. The van der Waals surface area contributed by atoms with Crippen LogP contribution < -0.4 is 4.74 Å². The zero-order chi connectivity index (χ0) is 30.6. The first-order valence-corrected chi connectivity index (χ1v) is 14.7. The standard InChI is InChI=1S/C35H41NO6/c1-21(2)36(22(3)4)30(37)28-25(18-17-23-15-12-16-26(40-8)27(23)28)29(24-13-10-9-11-14-24)41-32(39)35-20-19-34(7,31(38)42-35)33(35,5)6/h9-18,21-22,29H,19-20H2,1-8H3/t29-,34+,35-/m1/s1. The molecule has 0 spiro atoms. The summed E-state index contributed by atoms with van der Waals surface area (Å²) in [6.45, 7) is 13.6. The van der Waals surface area contributed by atoms with Crippen molar-refractivity contribution >= 4 is 28.6 Å². The first-order valence-electron chi connectivity index (χ1n) is 14.7. The van der Waals surface area contributed by atoms with Gasteiger partial charge in [0.25, 0.3) is 5.91 Å². The highest BCUT2D eigenvalue weighted by Crippen LogP contribution is 2.66. The van der Waals surface area contributed by atoms with Gasteiger partial charge in [-0.15, -0.1) is 0 Å². The number of hydrogen-bond acceptors (Lipinski definition) is 6. The molecule has 3 atom stereocenters. The molecule has 2 bridgehead atoms. The molecule has 2 aliphatic rings. The fourth-order valence-corrected chi connectivity index (χ4v) is 7.02. The van der Waals surface area contributed by atoms with E-state index in [1.807, 2.05) is 114 Å². The molecule has 1 saturated heterocycles. The Hall–Kier alpha value is -3.87. The van der Waals surface area contributed by atoms with Gasteiger partial charge in [0.05, 0.1) is 18.1 Å². The molecule has 222 valence electrons. The number of carbonyl (C=O) groups excluding carboxylic acids is 3. The van der Waals surface area contributed by atoms with Crippen molar-refractivity contribution in [3.63, 3.8) is 0 Å². The minimum Gasteiger partial charge on any atom is -0.496 e. The summed E-state index contributed by atoms with van der Waals surface area (Å²) in [7, 11) is 1.58. The van der Waals surface area contributed by atoms with Crippen LogP contribution in [0.15, 0.2) is 60.7 Å². The predicted molar refractivity (Wildman–Crippen MR) is 161 cm³/mol. The molecule has 3 aromatic rings. The molecule has 42 heavy (non-hydrogen) atoms. The first kappa shape index (κ1) is 29.6. The van der Waals surface area contributed by atoms with Crippen LogP contribution in [0.1, 0.15) is 88.9 Å². The molecular weight excluding hydrogens is 530 g/mol. The fraction of sp³-hybridized carbons (Fsp3) is 0.457. The lowest BCUT2D eigenvalue weighted by atomic mass is 9.66. The van der Waals surface area contributed by atoms with Crippen molar-refractivity contribution in [1.82, 2.24) is 4.90 Å². The van der Waals surface area contributed by atoms with Crippen LogP contribution in [0, 0.1) is 10.8 Å². The van der Waals surface area contributed by atoms with Gasteiger partial charge in [0.2, 0.25) is 5.60 Å². The van der Waals surface area contributed by atoms with Crippen molar-refractivity contribution in [2.75, 3.05) is 7.11 Å². The van der Waals surface area contributed by atoms with E-state index in [-0.39, 0.29) is 24.0 Å². The van der Waals surface area contributed by atoms with Crippen molar-refractivity contribution in [2.24, 2.45) is 10.8 Å². The molecule has 1 aliphatic carbocycles. The highest BCUT2D eigenvalue weighted by Gasteiger charge is 2.76. The van der Waals surface area contributed by atoms with Crippen molar-refractivity contribution in [3.8, 4) is 5.75 Å². The molecule has 2 fully saturated rings. The molecule has 0 N–H and O–H groups in total. The van der Waals surface area contributed by atoms with Gasteiger partial charge in [-0.1, -0.05) is 68.4 Å². The van der Waals surface area contributed by atoms with E-state index >= 15 is 0 Å². The summed E-state index contributed by atoms with van der Waals surface area (Å²) >= 11 is 0. The van der Waals surface area contributed by atoms with E-state index in [2.05, 4.69) is 0 Å². The molecule has 0 unspecified atom stereocenters. The summed E-state index contributed by atoms with van der Waals surface area (Å²) in [6.07, 6.45) is -0.0167. The lowest BCUT2D eigenvalue weighted by molar-refractivity contribution is -0.186. The van der Waals surface area contributed by atoms with E-state index in [1.165, 1.54) is 0 Å². The molecule has 0 radical (unpaired) electrons. The summed E-state index contributed by atoms with van der Waals surface area (Å²) in [5.41, 5.74) is -1.29. The Morgan fingerprint density at radius 2 is 1.55 bits per heavy atom. The Morgan fingerprint density at radius 1 is 0.881 bits per heavy atom. The van der Waals surface area contributed by atoms with Crippen LogP contribution >= 0.6 is 0 Å². The SMILES string of the molecule is COc1cccc2ccc([C@H](OC(=O)[C@@]34CC[C@@](C)(C(=O)O3)C4(C)C)c3ccccc3)c(C(=O)N(C(C)C)C(C)C)c12. The zero-order valence-electron chi connectivity index (χ0n) is 25.8. The maximum atomic E-state index is 14.6. The molecule has 7 heteroatoms. The average molecular weight is 572 g/mol. The second-order valence-electron chi connectivity index (χ2n) is 12.9. The topological polar surface area (TPSA) is 82.1 Å². The van der Waals surface area contributed by atoms with Crippen LogP contribution in [0.2, 0.25) is 0 Å². The largest absolute Gasteiger partial charge is 0.496 e. The summed E-state index contributed by atoms with van der Waals surface area (Å²) in [4.78, 5) is 43.7. The average Bonchev–Trinajstić information content (AvgIpc) is 3.25. The number of esters is 2. The van der Waals surface area contributed by atoms with Crippen LogP contribution in [-0.4, -0.2) is 47.5 Å². The highest BCUT2D eigenvalue weighted by atomic mass is 16.6. The predicted octanol–water partition coefficient (Wildman–Crippen LogP) is 6.86. The smallest absolute Gasteiger partial charge is 0.352 e. The third-order valence-electron chi connectivity index (χ3n) is 9.84. The number of ether oxygens (including phenoxy) is 3. The number of fused-ring (bicyclic) bond motifs is 3. The molecule has 0 aromatic heterocycles. The normalized spacial score (nSPS) is 23.2. The van der Waals surface area contributed by atoms with Crippen molar-refractivity contribution in [3.05, 3.63) is 77.4 Å². The number of nitrogens with zero attached hydrogens (tertiary/aromatic N) is 1. The molecular formula is C35H41NO6. The van der Waals surface area contributed by atoms with Gasteiger partial charge >= 0.3 is 11.9 Å². The Bertz CT molecular complexity index is 1540. The van der Waals surface area contributed by atoms with Gasteiger partial charge in [-0.3, -0.25) is 9.59 Å². The molecule has 1 amide bonds. The Kier molecular flexibility index (Phi) is 7.36. The second kappa shape index (κ2) is 10.4. The highest BCUT2D eigenvalue weighted by molar-refractivity contribution is 6.11. The Labute approximate surface area is 248 Å². The van der Waals surface area contributed by atoms with Gasteiger partial charge < -0.3 is 19.1 Å². The molecule has 5 rings (SSSR count). The van der Waals surface area contributed by atoms with E-state index < -0.39 is 28.5 Å². The van der Waals surface area contributed by atoms with Gasteiger partial charge in [-0.2, -0.15) is 0 Å². The minimum absolute atomic E-state index is 0.0817. The van der Waals surface area contributed by atoms with Gasteiger partial charge in [-0.25, -0.2) is 4.79 Å². The van der Waals surface area contributed by atoms with Crippen LogP contribution in [-0.2, 0) is 19.1 Å². The van der Waals surface area contributed by atoms with E-state index in [0.717, 1.165) is 5.39 Å². The number of rotatable bonds is 8. The van der Waals surface area contributed by atoms with E-state index in [0.29, 0.717) is 40.7 Å². The van der Waals surface area contributed by atoms with Gasteiger partial charge in [0.15, 0.2) is 6.10 Å². The molecule has 7 nitrogen and oxygen atoms in total. The number of hydrogen-bond donors (Lipinski definition) is 0. The first-order chi connectivity index (χ1) is 19.8. The van der Waals surface area contributed by atoms with Gasteiger partial charge in [0.1, 0.15) is 5.75 Å². The summed E-state index contributed by atoms with van der Waals surface area (Å²) in [5, 5.41) is 1.49. The maximum Gasteiger partial charge on any atom is 0.352 e. The molecule has 1 aliphatic heterocycles. The Balaban J connectivity index is 1.73. The summed E-state index contributed by atoms with van der Waals surface area (Å²) < 4.78 is 18.1. The number of carbonyl (C=O) groups is 3. The lowest BCUT2D eigenvalue weighted by Gasteiger charge is -2.36. The zero-order valence-corrected chi connectivity index (χ0v) is 25.8. The van der Waals surface area contributed by atoms with Crippen molar-refractivity contribution < 1.29 is 28.6 Å². The van der Waals surface area contributed by atoms with Crippen molar-refractivity contribution in [2.45, 2.75) is 85.1 Å². The quantitative estimate of drug-likeness (QED) is 0.275. The fourth-order valence-electron chi connectivity index (χ4n) is 7.02. The lowest BCUT2D eigenvalue weighted by Crippen LogP contribution is -2.49. The maximum absolute atomic E-state index is 14.6. The Morgan fingerprint density at radius 3 is 2.10 bits per heavy atom. The van der Waals surface area contributed by atoms with Crippen LogP contribution in [0.25, 0.3) is 10.8 Å². The third-order valence-corrected chi connectivity index (χ3v) is 9.84. The van der Waals surface area contributed by atoms with Crippen LogP contribution in [0.3, 0.4) is 0 Å². The van der Waals surface area contributed by atoms with Crippen molar-refractivity contribution in [1.29, 1.82) is 0 Å². The summed E-state index contributed by atoms with van der Waals surface area (Å²) in [6, 6.07) is 18.7. The number of benzene rings is 3. The number of amides is 1. The molecule has 1 heterocycles. The second-order valence-corrected chi connectivity index (χ2v) is 12.9. The van der Waals surface area contributed by atoms with E-state index in [1.54, 1.807) is 7.11 Å². The minimum atomic E-state index is -1.41. The van der Waals surface area contributed by atoms with Gasteiger partial charge in [-0.05, 0) is 64.5 Å². The third kappa shape index (κ3) is 4.19. The molecule has 3 aromatic carbocycles.